The molecule has 1 atom stereocenters. The second-order valence-electron chi connectivity index (χ2n) is 6.15. The molecule has 118 valence electrons. The average molecular weight is 302 g/mol. The predicted molar refractivity (Wildman–Crippen MR) is 84.1 cm³/mol. The number of carbonyl (C=O) groups is 1. The van der Waals surface area contributed by atoms with Crippen LogP contribution in [0.25, 0.3) is 11.4 Å². The van der Waals surface area contributed by atoms with E-state index in [0.717, 1.165) is 12.0 Å². The molecule has 1 heterocycles. The van der Waals surface area contributed by atoms with Crippen LogP contribution in [0, 0.1) is 5.92 Å². The van der Waals surface area contributed by atoms with Gasteiger partial charge in [0.05, 0.1) is 0 Å². The predicted octanol–water partition coefficient (Wildman–Crippen LogP) is 2.23. The number of carbonyl (C=O) groups excluding carboxylic acids is 1. The summed E-state index contributed by atoms with van der Waals surface area (Å²) in [7, 11) is 0. The largest absolute Gasteiger partial charge is 0.346 e. The third-order valence-electron chi connectivity index (χ3n) is 3.49. The summed E-state index contributed by atoms with van der Waals surface area (Å²) in [5, 5.41) is 6.79. The maximum atomic E-state index is 12.4. The average Bonchev–Trinajstić information content (AvgIpc) is 3.00. The van der Waals surface area contributed by atoms with Crippen molar-refractivity contribution in [3.8, 4) is 11.4 Å². The van der Waals surface area contributed by atoms with Crippen LogP contribution in [0.15, 0.2) is 35.2 Å². The Morgan fingerprint density at radius 2 is 2.05 bits per heavy atom. The molecule has 1 aromatic carbocycles. The topological polar surface area (TPSA) is 94.0 Å². The number of amides is 1. The molecule has 0 bridgehead atoms. The summed E-state index contributed by atoms with van der Waals surface area (Å²) in [6, 6.07) is 7.07. The van der Waals surface area contributed by atoms with Gasteiger partial charge >= 0.3 is 0 Å². The molecule has 0 radical (unpaired) electrons. The first-order chi connectivity index (χ1) is 10.4. The molecule has 0 spiro atoms. The van der Waals surface area contributed by atoms with Gasteiger partial charge in [0.25, 0.3) is 5.91 Å². The number of rotatable bonds is 6. The van der Waals surface area contributed by atoms with Crippen LogP contribution >= 0.6 is 0 Å². The molecule has 0 saturated carbocycles. The molecule has 1 aromatic heterocycles. The van der Waals surface area contributed by atoms with Crippen LogP contribution < -0.4 is 11.1 Å². The van der Waals surface area contributed by atoms with Crippen molar-refractivity contribution in [2.24, 2.45) is 11.7 Å². The van der Waals surface area contributed by atoms with E-state index in [0.29, 0.717) is 23.9 Å². The van der Waals surface area contributed by atoms with E-state index in [1.165, 1.54) is 6.39 Å². The van der Waals surface area contributed by atoms with Crippen LogP contribution in [0.5, 0.6) is 0 Å². The van der Waals surface area contributed by atoms with Gasteiger partial charge in [-0.2, -0.15) is 4.98 Å². The Labute approximate surface area is 130 Å². The van der Waals surface area contributed by atoms with E-state index in [2.05, 4.69) is 29.3 Å². The van der Waals surface area contributed by atoms with Gasteiger partial charge in [0.2, 0.25) is 12.2 Å². The molecule has 0 saturated heterocycles. The number of nitrogens with zero attached hydrogens (tertiary/aromatic N) is 2. The quantitative estimate of drug-likeness (QED) is 0.853. The SMILES string of the molecule is CC(C)CC(C)(CN)NC(=O)c1ccc(-c2ncon2)cc1. The second kappa shape index (κ2) is 6.70. The van der Waals surface area contributed by atoms with E-state index in [9.17, 15) is 4.79 Å². The first kappa shape index (κ1) is 16.2. The van der Waals surface area contributed by atoms with Gasteiger partial charge in [0, 0.05) is 23.2 Å². The molecule has 2 aromatic rings. The minimum atomic E-state index is -0.405. The molecule has 0 aliphatic rings. The highest BCUT2D eigenvalue weighted by Crippen LogP contribution is 2.18. The van der Waals surface area contributed by atoms with Crippen molar-refractivity contribution in [2.75, 3.05) is 6.54 Å². The Morgan fingerprint density at radius 1 is 1.36 bits per heavy atom. The molecular weight excluding hydrogens is 280 g/mol. The van der Waals surface area contributed by atoms with E-state index >= 15 is 0 Å². The Morgan fingerprint density at radius 3 is 2.55 bits per heavy atom. The van der Waals surface area contributed by atoms with E-state index in [1.54, 1.807) is 24.3 Å². The first-order valence-electron chi connectivity index (χ1n) is 7.33. The number of nitrogens with one attached hydrogen (secondary N) is 1. The first-order valence-corrected chi connectivity index (χ1v) is 7.33. The zero-order chi connectivity index (χ0) is 16.2. The van der Waals surface area contributed by atoms with E-state index < -0.39 is 5.54 Å². The van der Waals surface area contributed by atoms with Crippen LogP contribution in [0.3, 0.4) is 0 Å². The Balaban J connectivity index is 2.09. The van der Waals surface area contributed by atoms with E-state index in [-0.39, 0.29) is 5.91 Å². The van der Waals surface area contributed by atoms with Gasteiger partial charge < -0.3 is 15.6 Å². The lowest BCUT2D eigenvalue weighted by molar-refractivity contribution is 0.0898. The highest BCUT2D eigenvalue weighted by molar-refractivity contribution is 5.95. The molecule has 6 heteroatoms. The molecule has 1 amide bonds. The number of hydrogen-bond acceptors (Lipinski definition) is 5. The Kier molecular flexibility index (Phi) is 4.92. The van der Waals surface area contributed by atoms with Gasteiger partial charge in [-0.3, -0.25) is 4.79 Å². The third kappa shape index (κ3) is 3.92. The molecule has 0 aliphatic carbocycles. The van der Waals surface area contributed by atoms with Gasteiger partial charge in [0.1, 0.15) is 0 Å². The highest BCUT2D eigenvalue weighted by Gasteiger charge is 2.26. The number of benzene rings is 1. The van der Waals surface area contributed by atoms with Gasteiger partial charge in [0.15, 0.2) is 0 Å². The van der Waals surface area contributed by atoms with Gasteiger partial charge in [-0.1, -0.05) is 31.1 Å². The third-order valence-corrected chi connectivity index (χ3v) is 3.49. The summed E-state index contributed by atoms with van der Waals surface area (Å²) in [6.45, 7) is 6.59. The number of hydrogen-bond donors (Lipinski definition) is 2. The summed E-state index contributed by atoms with van der Waals surface area (Å²) in [6.07, 6.45) is 2.10. The molecule has 0 aliphatic heterocycles. The summed E-state index contributed by atoms with van der Waals surface area (Å²) >= 11 is 0. The number of nitrogens with two attached hydrogens (primary N) is 1. The van der Waals surface area contributed by atoms with Crippen molar-refractivity contribution in [2.45, 2.75) is 32.7 Å². The van der Waals surface area contributed by atoms with Crippen LogP contribution in [-0.2, 0) is 0 Å². The Bertz CT molecular complexity index is 608. The van der Waals surface area contributed by atoms with Crippen LogP contribution in [-0.4, -0.2) is 28.1 Å². The highest BCUT2D eigenvalue weighted by atomic mass is 16.5. The molecule has 22 heavy (non-hydrogen) atoms. The maximum Gasteiger partial charge on any atom is 0.251 e. The lowest BCUT2D eigenvalue weighted by atomic mass is 9.90. The van der Waals surface area contributed by atoms with Crippen LogP contribution in [0.2, 0.25) is 0 Å². The molecule has 0 fully saturated rings. The molecule has 2 rings (SSSR count). The smallest absolute Gasteiger partial charge is 0.251 e. The maximum absolute atomic E-state index is 12.4. The van der Waals surface area contributed by atoms with Crippen molar-refractivity contribution < 1.29 is 9.32 Å². The minimum Gasteiger partial charge on any atom is -0.346 e. The lowest BCUT2D eigenvalue weighted by Gasteiger charge is -2.31. The fourth-order valence-corrected chi connectivity index (χ4v) is 2.50. The van der Waals surface area contributed by atoms with Crippen LogP contribution in [0.4, 0.5) is 0 Å². The summed E-state index contributed by atoms with van der Waals surface area (Å²) in [4.78, 5) is 16.4. The fourth-order valence-electron chi connectivity index (χ4n) is 2.50. The zero-order valence-electron chi connectivity index (χ0n) is 13.2. The zero-order valence-corrected chi connectivity index (χ0v) is 13.2. The Hall–Kier alpha value is -2.21. The lowest BCUT2D eigenvalue weighted by Crippen LogP contribution is -2.52. The van der Waals surface area contributed by atoms with Crippen molar-refractivity contribution in [1.82, 2.24) is 15.5 Å². The summed E-state index contributed by atoms with van der Waals surface area (Å²) < 4.78 is 4.71. The van der Waals surface area contributed by atoms with Crippen LogP contribution in [0.1, 0.15) is 37.6 Å². The van der Waals surface area contributed by atoms with Gasteiger partial charge in [-0.25, -0.2) is 0 Å². The summed E-state index contributed by atoms with van der Waals surface area (Å²) in [5.74, 6) is 0.821. The van der Waals surface area contributed by atoms with Crippen molar-refractivity contribution in [1.29, 1.82) is 0 Å². The molecule has 1 unspecified atom stereocenters. The molecule has 6 nitrogen and oxygen atoms in total. The van der Waals surface area contributed by atoms with E-state index in [1.807, 2.05) is 6.92 Å². The van der Waals surface area contributed by atoms with E-state index in [4.69, 9.17) is 10.3 Å². The monoisotopic (exact) mass is 302 g/mol. The van der Waals surface area contributed by atoms with Crippen molar-refractivity contribution >= 4 is 5.91 Å². The molecular formula is C16H22N4O2. The van der Waals surface area contributed by atoms with Gasteiger partial charge in [-0.15, -0.1) is 0 Å². The van der Waals surface area contributed by atoms with Gasteiger partial charge in [-0.05, 0) is 31.4 Å². The van der Waals surface area contributed by atoms with Crippen molar-refractivity contribution in [3.05, 3.63) is 36.2 Å². The minimum absolute atomic E-state index is 0.131. The van der Waals surface area contributed by atoms with Crippen molar-refractivity contribution in [3.63, 3.8) is 0 Å². The molecule has 3 N–H and O–H groups in total. The normalized spacial score (nSPS) is 13.9. The fraction of sp³-hybridized carbons (Fsp3) is 0.438. The summed E-state index contributed by atoms with van der Waals surface area (Å²) in [5.41, 5.74) is 6.80. The standard InChI is InChI=1S/C16H22N4O2/c1-11(2)8-16(3,9-17)19-15(21)13-6-4-12(5-7-13)14-18-10-22-20-14/h4-7,10-11H,8-9,17H2,1-3H3,(H,19,21). The second-order valence-corrected chi connectivity index (χ2v) is 6.15. The number of aromatic nitrogens is 2.